The molecule has 14 heavy (non-hydrogen) atoms. The first kappa shape index (κ1) is 9.82. The van der Waals surface area contributed by atoms with Gasteiger partial charge in [-0.1, -0.05) is 11.3 Å². The number of nitrogens with one attached hydrogen (secondary N) is 1. The maximum atomic E-state index is 5.62. The Morgan fingerprint density at radius 1 is 1.71 bits per heavy atom. The van der Waals surface area contributed by atoms with Crippen molar-refractivity contribution < 1.29 is 9.47 Å². The molecule has 0 bridgehead atoms. The monoisotopic (exact) mass is 215 g/mol. The van der Waals surface area contributed by atoms with Gasteiger partial charge < -0.3 is 14.8 Å². The molecule has 1 aliphatic heterocycles. The van der Waals surface area contributed by atoms with Crippen LogP contribution < -0.4 is 5.32 Å². The molecule has 78 valence electrons. The van der Waals surface area contributed by atoms with Gasteiger partial charge in [0.15, 0.2) is 5.79 Å². The predicted molar refractivity (Wildman–Crippen MR) is 53.3 cm³/mol. The van der Waals surface area contributed by atoms with Crippen molar-refractivity contribution >= 4 is 16.5 Å². The molecule has 0 amide bonds. The van der Waals surface area contributed by atoms with Crippen molar-refractivity contribution in [3.63, 3.8) is 0 Å². The zero-order chi connectivity index (χ0) is 10.0. The van der Waals surface area contributed by atoms with Gasteiger partial charge >= 0.3 is 0 Å². The molecule has 1 unspecified atom stereocenters. The summed E-state index contributed by atoms with van der Waals surface area (Å²) in [4.78, 5) is 0. The van der Waals surface area contributed by atoms with Crippen molar-refractivity contribution in [2.45, 2.75) is 25.7 Å². The Morgan fingerprint density at radius 2 is 2.57 bits per heavy atom. The van der Waals surface area contributed by atoms with Crippen LogP contribution in [-0.4, -0.2) is 35.2 Å². The maximum absolute atomic E-state index is 5.62. The van der Waals surface area contributed by atoms with E-state index in [0.717, 1.165) is 5.13 Å². The third kappa shape index (κ3) is 2.40. The van der Waals surface area contributed by atoms with Crippen LogP contribution in [-0.2, 0) is 9.47 Å². The van der Waals surface area contributed by atoms with Gasteiger partial charge in [0.2, 0.25) is 5.13 Å². The molecular formula is C8H13N3O2S. The summed E-state index contributed by atoms with van der Waals surface area (Å²) in [5.74, 6) is -0.451. The minimum absolute atomic E-state index is 0.0916. The van der Waals surface area contributed by atoms with Crippen LogP contribution in [0.1, 0.15) is 13.8 Å². The second kappa shape index (κ2) is 3.80. The van der Waals surface area contributed by atoms with E-state index in [0.29, 0.717) is 13.2 Å². The van der Waals surface area contributed by atoms with Crippen LogP contribution in [0.25, 0.3) is 0 Å². The van der Waals surface area contributed by atoms with Crippen LogP contribution in [0, 0.1) is 0 Å². The van der Waals surface area contributed by atoms with Gasteiger partial charge in [-0.2, -0.15) is 0 Å². The van der Waals surface area contributed by atoms with Crippen molar-refractivity contribution in [3.05, 3.63) is 5.51 Å². The van der Waals surface area contributed by atoms with E-state index in [-0.39, 0.29) is 6.10 Å². The van der Waals surface area contributed by atoms with Crippen molar-refractivity contribution in [2.24, 2.45) is 0 Å². The number of rotatable bonds is 3. The molecule has 2 heterocycles. The standard InChI is InChI=1S/C8H13N3O2S/c1-8(2)12-4-6(13-8)3-9-7-11-10-5-14-7/h5-6H,3-4H2,1-2H3,(H,9,11). The summed E-state index contributed by atoms with van der Waals surface area (Å²) in [6.07, 6.45) is 0.0916. The van der Waals surface area contributed by atoms with E-state index >= 15 is 0 Å². The Bertz CT molecular complexity index is 289. The first-order valence-corrected chi connectivity index (χ1v) is 5.35. The van der Waals surface area contributed by atoms with Crippen molar-refractivity contribution in [3.8, 4) is 0 Å². The minimum atomic E-state index is -0.451. The Labute approximate surface area is 86.4 Å². The van der Waals surface area contributed by atoms with Gasteiger partial charge in [0.25, 0.3) is 0 Å². The fraction of sp³-hybridized carbons (Fsp3) is 0.750. The molecule has 0 radical (unpaired) electrons. The second-order valence-corrected chi connectivity index (χ2v) is 4.41. The molecular weight excluding hydrogens is 202 g/mol. The van der Waals surface area contributed by atoms with Crippen molar-refractivity contribution in [1.82, 2.24) is 10.2 Å². The van der Waals surface area contributed by atoms with E-state index < -0.39 is 5.79 Å². The molecule has 6 heteroatoms. The van der Waals surface area contributed by atoms with Gasteiger partial charge in [-0.25, -0.2) is 0 Å². The normalized spacial score (nSPS) is 25.1. The van der Waals surface area contributed by atoms with Crippen LogP contribution in [0.2, 0.25) is 0 Å². The summed E-state index contributed by atoms with van der Waals surface area (Å²) in [5.41, 5.74) is 1.69. The first-order chi connectivity index (χ1) is 6.66. The van der Waals surface area contributed by atoms with Gasteiger partial charge in [0.1, 0.15) is 11.6 Å². The predicted octanol–water partition coefficient (Wildman–Crippen LogP) is 1.10. The average molecular weight is 215 g/mol. The molecule has 1 fully saturated rings. The number of aromatic nitrogens is 2. The van der Waals surface area contributed by atoms with E-state index in [1.165, 1.54) is 11.3 Å². The summed E-state index contributed by atoms with van der Waals surface area (Å²) >= 11 is 1.48. The zero-order valence-corrected chi connectivity index (χ0v) is 9.00. The van der Waals surface area contributed by atoms with E-state index in [2.05, 4.69) is 15.5 Å². The molecule has 0 aliphatic carbocycles. The summed E-state index contributed by atoms with van der Waals surface area (Å²) in [5, 5.41) is 11.6. The van der Waals surface area contributed by atoms with E-state index in [4.69, 9.17) is 9.47 Å². The van der Waals surface area contributed by atoms with Crippen LogP contribution in [0.4, 0.5) is 5.13 Å². The highest BCUT2D eigenvalue weighted by atomic mass is 32.1. The van der Waals surface area contributed by atoms with Crippen LogP contribution in [0.5, 0.6) is 0 Å². The summed E-state index contributed by atoms with van der Waals surface area (Å²) in [7, 11) is 0. The zero-order valence-electron chi connectivity index (χ0n) is 8.19. The van der Waals surface area contributed by atoms with Gasteiger partial charge in [-0.05, 0) is 13.8 Å². The Hall–Kier alpha value is -0.720. The van der Waals surface area contributed by atoms with E-state index in [1.807, 2.05) is 13.8 Å². The van der Waals surface area contributed by atoms with E-state index in [9.17, 15) is 0 Å². The maximum Gasteiger partial charge on any atom is 0.205 e. The van der Waals surface area contributed by atoms with Gasteiger partial charge in [-0.3, -0.25) is 0 Å². The number of anilines is 1. The fourth-order valence-electron chi connectivity index (χ4n) is 1.31. The third-order valence-corrected chi connectivity index (χ3v) is 2.56. The molecule has 0 saturated carbocycles. The molecule has 1 aromatic rings. The topological polar surface area (TPSA) is 56.3 Å². The van der Waals surface area contributed by atoms with Gasteiger partial charge in [0.05, 0.1) is 6.61 Å². The molecule has 1 saturated heterocycles. The molecule has 0 spiro atoms. The number of hydrogen-bond donors (Lipinski definition) is 1. The summed E-state index contributed by atoms with van der Waals surface area (Å²) in [6.45, 7) is 5.16. The SMILES string of the molecule is CC1(C)OCC(CNc2nncs2)O1. The number of ether oxygens (including phenoxy) is 2. The van der Waals surface area contributed by atoms with Crippen LogP contribution >= 0.6 is 11.3 Å². The summed E-state index contributed by atoms with van der Waals surface area (Å²) in [6, 6.07) is 0. The van der Waals surface area contributed by atoms with Gasteiger partial charge in [0, 0.05) is 6.54 Å². The molecule has 0 aromatic carbocycles. The fourth-order valence-corrected chi connectivity index (χ4v) is 1.77. The molecule has 5 nitrogen and oxygen atoms in total. The van der Waals surface area contributed by atoms with Crippen LogP contribution in [0.3, 0.4) is 0 Å². The molecule has 1 aliphatic rings. The Kier molecular flexibility index (Phi) is 2.66. The number of hydrogen-bond acceptors (Lipinski definition) is 6. The number of nitrogens with zero attached hydrogens (tertiary/aromatic N) is 2. The highest BCUT2D eigenvalue weighted by Gasteiger charge is 2.32. The lowest BCUT2D eigenvalue weighted by Crippen LogP contribution is -2.25. The summed E-state index contributed by atoms with van der Waals surface area (Å²) < 4.78 is 11.0. The highest BCUT2D eigenvalue weighted by molar-refractivity contribution is 7.13. The average Bonchev–Trinajstić information content (AvgIpc) is 2.70. The Morgan fingerprint density at radius 3 is 3.14 bits per heavy atom. The first-order valence-electron chi connectivity index (χ1n) is 4.47. The van der Waals surface area contributed by atoms with Crippen molar-refractivity contribution in [1.29, 1.82) is 0 Å². The Balaban J connectivity index is 1.78. The van der Waals surface area contributed by atoms with Crippen LogP contribution in [0.15, 0.2) is 5.51 Å². The molecule has 1 aromatic heterocycles. The quantitative estimate of drug-likeness (QED) is 0.818. The highest BCUT2D eigenvalue weighted by Crippen LogP contribution is 2.22. The van der Waals surface area contributed by atoms with Gasteiger partial charge in [-0.15, -0.1) is 10.2 Å². The minimum Gasteiger partial charge on any atom is -0.357 e. The lowest BCUT2D eigenvalue weighted by Gasteiger charge is -2.16. The second-order valence-electron chi connectivity index (χ2n) is 3.58. The molecule has 2 rings (SSSR count). The lowest BCUT2D eigenvalue weighted by molar-refractivity contribution is -0.136. The van der Waals surface area contributed by atoms with E-state index in [1.54, 1.807) is 5.51 Å². The lowest BCUT2D eigenvalue weighted by atomic mass is 10.4. The molecule has 1 N–H and O–H groups in total. The smallest absolute Gasteiger partial charge is 0.205 e. The van der Waals surface area contributed by atoms with Crippen molar-refractivity contribution in [2.75, 3.05) is 18.5 Å². The third-order valence-electron chi connectivity index (χ3n) is 1.91. The molecule has 1 atom stereocenters. The largest absolute Gasteiger partial charge is 0.357 e.